The minimum atomic E-state index is -0.357. The van der Waals surface area contributed by atoms with Gasteiger partial charge in [0.05, 0.1) is 32.9 Å². The predicted octanol–water partition coefficient (Wildman–Crippen LogP) is 9.76. The number of benzene rings is 3. The van der Waals surface area contributed by atoms with E-state index in [1.807, 2.05) is 78.7 Å². The number of nitrogens with one attached hydrogen (secondary N) is 2. The Morgan fingerprint density at radius 1 is 0.658 bits per heavy atom. The van der Waals surface area contributed by atoms with Gasteiger partial charge >= 0.3 is 12.0 Å². The van der Waals surface area contributed by atoms with E-state index in [9.17, 15) is 9.59 Å². The normalized spacial score (nSPS) is 11.2. The van der Waals surface area contributed by atoms with Crippen molar-refractivity contribution in [1.82, 2.24) is 58.8 Å². The van der Waals surface area contributed by atoms with Gasteiger partial charge in [0.15, 0.2) is 5.82 Å². The Balaban J connectivity index is 0.951. The summed E-state index contributed by atoms with van der Waals surface area (Å²) in [5.41, 5.74) is 23.5. The van der Waals surface area contributed by atoms with E-state index in [1.165, 1.54) is 12.7 Å². The molecule has 0 aliphatic heterocycles. The van der Waals surface area contributed by atoms with Crippen molar-refractivity contribution < 1.29 is 19.1 Å². The molecule has 0 aliphatic carbocycles. The summed E-state index contributed by atoms with van der Waals surface area (Å²) in [7, 11) is 5.56. The molecule has 0 saturated carbocycles. The SMILES string of the molecule is C=C(C)C(=O)Nc1cc(-c2c(-c3ccc(Oc4nccc(CCc5c(NC(=O)C(=C)C)ccc(-c6c(-c7ccc(Oc8nccc(C)n8)cc7)c7c(N)ncnc7n6C)c5Cl)n4)cc3)c3c(N)ncnc3n2C)n(C)n1. The number of nitrogen functional groups attached to an aromatic ring is 2. The molecule has 76 heavy (non-hydrogen) atoms. The Morgan fingerprint density at radius 2 is 1.20 bits per heavy atom. The van der Waals surface area contributed by atoms with Crippen LogP contribution in [0.5, 0.6) is 23.5 Å². The van der Waals surface area contributed by atoms with Crippen molar-refractivity contribution in [1.29, 1.82) is 0 Å². The van der Waals surface area contributed by atoms with E-state index in [1.54, 1.807) is 68.3 Å². The fraction of sp³-hybridized carbons (Fsp3) is 0.145. The molecule has 6 N–H and O–H groups in total. The number of aromatic nitrogens is 12. The van der Waals surface area contributed by atoms with Crippen LogP contribution in [0.2, 0.25) is 5.02 Å². The molecule has 0 bridgehead atoms. The number of nitrogens with zero attached hydrogens (tertiary/aromatic N) is 12. The summed E-state index contributed by atoms with van der Waals surface area (Å²) < 4.78 is 17.8. The summed E-state index contributed by atoms with van der Waals surface area (Å²) >= 11 is 7.54. The standard InChI is InChI=1S/C55H49ClN16O4/c1-28(2)52(73)67-38-20-19-37(46-41(43-48(57)61-26-63-50(43)70(46)6)31-9-14-34(15-10-31)75-54-59-23-21-30(5)65-54)45(56)36(38)18-13-33-22-24-60-55(66-33)76-35-16-11-32(12-17-35)42-44-49(58)62-27-64-51(44)71(7)47(42)39-25-40(69-72(39)8)68-53(74)29(3)4/h9-12,14-17,19-27H,1,3,13,18H2,2,4-8H3,(H,67,73)(H2,57,61,63)(H2,58,62,64)(H,68,69,74). The fourth-order valence-electron chi connectivity index (χ4n) is 8.98. The highest BCUT2D eigenvalue weighted by Crippen LogP contribution is 2.47. The number of amides is 2. The number of carbonyl (C=O) groups is 2. The van der Waals surface area contributed by atoms with Crippen LogP contribution in [0.25, 0.3) is 67.0 Å². The number of rotatable bonds is 15. The Labute approximate surface area is 440 Å². The van der Waals surface area contributed by atoms with Gasteiger partial charge in [0.25, 0.3) is 11.8 Å². The number of hydrogen-bond donors (Lipinski definition) is 4. The molecular weight excluding hydrogens is 984 g/mol. The van der Waals surface area contributed by atoms with Crippen LogP contribution in [0.1, 0.15) is 30.8 Å². The summed E-state index contributed by atoms with van der Waals surface area (Å²) in [6.45, 7) is 12.7. The lowest BCUT2D eigenvalue weighted by atomic mass is 9.95. The molecule has 0 atom stereocenters. The Kier molecular flexibility index (Phi) is 13.2. The highest BCUT2D eigenvalue weighted by atomic mass is 35.5. The first kappa shape index (κ1) is 49.7. The summed E-state index contributed by atoms with van der Waals surface area (Å²) in [6.07, 6.45) is 6.83. The van der Waals surface area contributed by atoms with E-state index in [0.717, 1.165) is 39.3 Å². The smallest absolute Gasteiger partial charge is 0.322 e. The van der Waals surface area contributed by atoms with Crippen molar-refractivity contribution in [2.24, 2.45) is 21.1 Å². The molecule has 21 heteroatoms. The van der Waals surface area contributed by atoms with Gasteiger partial charge in [-0.2, -0.15) is 10.1 Å². The highest BCUT2D eigenvalue weighted by molar-refractivity contribution is 6.35. The van der Waals surface area contributed by atoms with Crippen LogP contribution in [-0.2, 0) is 43.6 Å². The molecular formula is C55H49ClN16O4. The first-order valence-electron chi connectivity index (χ1n) is 23.7. The topological polar surface area (TPSA) is 260 Å². The van der Waals surface area contributed by atoms with Crippen LogP contribution < -0.4 is 31.6 Å². The third-order valence-corrected chi connectivity index (χ3v) is 13.1. The number of nitrogens with two attached hydrogens (primary N) is 2. The summed E-state index contributed by atoms with van der Waals surface area (Å²) in [6, 6.07) is 24.3. The molecule has 380 valence electrons. The zero-order chi connectivity index (χ0) is 53.5. The molecule has 0 spiro atoms. The van der Waals surface area contributed by atoms with E-state index in [-0.39, 0.29) is 29.7 Å². The molecule has 10 aromatic rings. The average molecular weight is 1030 g/mol. The molecule has 0 unspecified atom stereocenters. The van der Waals surface area contributed by atoms with Gasteiger partial charge in [0, 0.05) is 84.5 Å². The van der Waals surface area contributed by atoms with E-state index in [4.69, 9.17) is 37.5 Å². The number of fused-ring (bicyclic) bond motifs is 2. The lowest BCUT2D eigenvalue weighted by Gasteiger charge is -2.18. The molecule has 2 amide bonds. The molecule has 3 aromatic carbocycles. The van der Waals surface area contributed by atoms with Crippen molar-refractivity contribution in [2.45, 2.75) is 33.6 Å². The number of carbonyl (C=O) groups excluding carboxylic acids is 2. The zero-order valence-corrected chi connectivity index (χ0v) is 42.9. The Hall–Kier alpha value is -9.82. The van der Waals surface area contributed by atoms with Crippen molar-refractivity contribution in [3.05, 3.63) is 150 Å². The maximum Gasteiger partial charge on any atom is 0.322 e. The summed E-state index contributed by atoms with van der Waals surface area (Å²) in [5.74, 6) is 1.25. The molecule has 0 aliphatic rings. The maximum atomic E-state index is 13.2. The predicted molar refractivity (Wildman–Crippen MR) is 293 cm³/mol. The lowest BCUT2D eigenvalue weighted by Crippen LogP contribution is -2.14. The zero-order valence-electron chi connectivity index (χ0n) is 42.2. The minimum absolute atomic E-state index is 0.116. The van der Waals surface area contributed by atoms with E-state index in [2.05, 4.69) is 63.8 Å². The van der Waals surface area contributed by atoms with Crippen LogP contribution in [0.4, 0.5) is 23.1 Å². The average Bonchev–Trinajstić information content (AvgIpc) is 4.03. The number of halogens is 1. The second-order valence-electron chi connectivity index (χ2n) is 18.0. The number of ether oxygens (including phenoxy) is 2. The quantitative estimate of drug-likeness (QED) is 0.0697. The third kappa shape index (κ3) is 9.50. The van der Waals surface area contributed by atoms with Crippen molar-refractivity contribution in [2.75, 3.05) is 22.1 Å². The van der Waals surface area contributed by atoms with E-state index < -0.39 is 0 Å². The van der Waals surface area contributed by atoms with Gasteiger partial charge in [0.1, 0.15) is 47.1 Å². The molecule has 20 nitrogen and oxygen atoms in total. The van der Waals surface area contributed by atoms with Crippen LogP contribution in [0.15, 0.2) is 128 Å². The minimum Gasteiger partial charge on any atom is -0.424 e. The highest BCUT2D eigenvalue weighted by Gasteiger charge is 2.27. The van der Waals surface area contributed by atoms with E-state index >= 15 is 0 Å². The van der Waals surface area contributed by atoms with Crippen LogP contribution >= 0.6 is 11.6 Å². The number of aryl methyl sites for hydroxylation is 5. The molecule has 0 saturated heterocycles. The maximum absolute atomic E-state index is 13.2. The molecule has 0 radical (unpaired) electrons. The van der Waals surface area contributed by atoms with Crippen LogP contribution in [-0.4, -0.2) is 70.6 Å². The summed E-state index contributed by atoms with van der Waals surface area (Å²) in [5, 5.41) is 12.0. The Bertz CT molecular complexity index is 3980. The first-order valence-corrected chi connectivity index (χ1v) is 24.1. The monoisotopic (exact) mass is 1030 g/mol. The van der Waals surface area contributed by atoms with Gasteiger partial charge in [0.2, 0.25) is 0 Å². The lowest BCUT2D eigenvalue weighted by molar-refractivity contribution is -0.113. The van der Waals surface area contributed by atoms with Gasteiger partial charge in [-0.25, -0.2) is 34.9 Å². The van der Waals surface area contributed by atoms with Crippen molar-refractivity contribution in [3.8, 4) is 68.4 Å². The van der Waals surface area contributed by atoms with Gasteiger partial charge in [-0.1, -0.05) is 49.0 Å². The molecule has 7 aromatic heterocycles. The second-order valence-corrected chi connectivity index (χ2v) is 18.4. The molecule has 7 heterocycles. The van der Waals surface area contributed by atoms with Gasteiger partial charge in [-0.3, -0.25) is 14.3 Å². The summed E-state index contributed by atoms with van der Waals surface area (Å²) in [4.78, 5) is 61.3. The number of hydrogen-bond acceptors (Lipinski definition) is 15. The van der Waals surface area contributed by atoms with Crippen LogP contribution in [0.3, 0.4) is 0 Å². The molecule has 0 fully saturated rings. The number of anilines is 4. The molecule has 10 rings (SSSR count). The van der Waals surface area contributed by atoms with Gasteiger partial charge in [-0.15, -0.1) is 0 Å². The van der Waals surface area contributed by atoms with E-state index in [0.29, 0.717) is 102 Å². The van der Waals surface area contributed by atoms with Crippen molar-refractivity contribution in [3.63, 3.8) is 0 Å². The first-order chi connectivity index (χ1) is 36.5. The largest absolute Gasteiger partial charge is 0.424 e. The van der Waals surface area contributed by atoms with Gasteiger partial charge < -0.3 is 40.7 Å². The second kappa shape index (κ2) is 20.2. The fourth-order valence-corrected chi connectivity index (χ4v) is 9.33. The Morgan fingerprint density at radius 3 is 1.78 bits per heavy atom. The van der Waals surface area contributed by atoms with Crippen molar-refractivity contribution >= 4 is 68.6 Å². The van der Waals surface area contributed by atoms with Gasteiger partial charge in [-0.05, 0) is 98.8 Å². The third-order valence-electron chi connectivity index (χ3n) is 12.7. The van der Waals surface area contributed by atoms with Crippen LogP contribution in [0, 0.1) is 6.92 Å².